The van der Waals surface area contributed by atoms with Crippen molar-refractivity contribution < 1.29 is 9.59 Å². The highest BCUT2D eigenvalue weighted by Crippen LogP contribution is 2.27. The van der Waals surface area contributed by atoms with Crippen LogP contribution in [0.25, 0.3) is 0 Å². The molecule has 0 spiro atoms. The van der Waals surface area contributed by atoms with Crippen LogP contribution in [0.5, 0.6) is 0 Å². The average Bonchev–Trinajstić information content (AvgIpc) is 3.26. The van der Waals surface area contributed by atoms with Crippen LogP contribution < -0.4 is 16.4 Å². The van der Waals surface area contributed by atoms with Gasteiger partial charge in [0, 0.05) is 30.6 Å². The normalized spacial score (nSPS) is 23.6. The predicted octanol–water partition coefficient (Wildman–Crippen LogP) is 2.95. The second kappa shape index (κ2) is 8.48. The number of rotatable bonds is 6. The van der Waals surface area contributed by atoms with Crippen molar-refractivity contribution >= 4 is 17.5 Å². The maximum atomic E-state index is 12.2. The molecule has 2 atom stereocenters. The molecule has 0 aliphatic heterocycles. The third-order valence-corrected chi connectivity index (χ3v) is 5.58. The van der Waals surface area contributed by atoms with Gasteiger partial charge < -0.3 is 16.4 Å². The summed E-state index contributed by atoms with van der Waals surface area (Å²) in [6.07, 6.45) is 8.00. The van der Waals surface area contributed by atoms with Crippen LogP contribution in [0, 0.1) is 11.8 Å². The average molecular weight is 343 g/mol. The molecule has 3 rings (SSSR count). The molecule has 0 radical (unpaired) electrons. The zero-order valence-corrected chi connectivity index (χ0v) is 14.8. The predicted molar refractivity (Wildman–Crippen MR) is 98.8 cm³/mol. The molecule has 2 aliphatic rings. The fraction of sp³-hybridized carbons (Fsp3) is 0.600. The van der Waals surface area contributed by atoms with Crippen molar-refractivity contribution in [3.05, 3.63) is 29.8 Å². The van der Waals surface area contributed by atoms with Gasteiger partial charge in [0.2, 0.25) is 11.8 Å². The molecule has 0 heterocycles. The van der Waals surface area contributed by atoms with Crippen molar-refractivity contribution in [2.24, 2.45) is 17.6 Å². The molecular weight excluding hydrogens is 314 g/mol. The Kier molecular flexibility index (Phi) is 6.08. The Bertz CT molecular complexity index is 611. The minimum Gasteiger partial charge on any atom is -0.352 e. The van der Waals surface area contributed by atoms with Crippen LogP contribution in [0.15, 0.2) is 24.3 Å². The Morgan fingerprint density at radius 1 is 1.08 bits per heavy atom. The first-order chi connectivity index (χ1) is 12.1. The molecule has 2 aliphatic carbocycles. The Morgan fingerprint density at radius 3 is 2.60 bits per heavy atom. The van der Waals surface area contributed by atoms with E-state index in [1.807, 2.05) is 24.3 Å². The van der Waals surface area contributed by atoms with Crippen molar-refractivity contribution in [3.8, 4) is 0 Å². The lowest BCUT2D eigenvalue weighted by Crippen LogP contribution is -2.31. The molecule has 0 unspecified atom stereocenters. The Labute approximate surface area is 149 Å². The maximum Gasteiger partial charge on any atom is 0.227 e. The smallest absolute Gasteiger partial charge is 0.227 e. The van der Waals surface area contributed by atoms with Gasteiger partial charge in [0.15, 0.2) is 0 Å². The van der Waals surface area contributed by atoms with E-state index < -0.39 is 0 Å². The summed E-state index contributed by atoms with van der Waals surface area (Å²) in [7, 11) is 0. The van der Waals surface area contributed by atoms with Gasteiger partial charge in [-0.2, -0.15) is 0 Å². The molecule has 5 nitrogen and oxygen atoms in total. The molecule has 0 aromatic heterocycles. The molecule has 1 aromatic carbocycles. The lowest BCUT2D eigenvalue weighted by molar-refractivity contribution is -0.122. The number of carbonyl (C=O) groups is 2. The molecule has 4 N–H and O–H groups in total. The largest absolute Gasteiger partial charge is 0.352 e. The van der Waals surface area contributed by atoms with E-state index in [9.17, 15) is 9.59 Å². The zero-order chi connectivity index (χ0) is 17.6. The van der Waals surface area contributed by atoms with Gasteiger partial charge in [0.1, 0.15) is 0 Å². The molecule has 2 saturated carbocycles. The fourth-order valence-corrected chi connectivity index (χ4v) is 4.02. The number of nitrogens with two attached hydrogens (primary N) is 1. The number of carbonyl (C=O) groups excluding carboxylic acids is 2. The van der Waals surface area contributed by atoms with Gasteiger partial charge in [0.25, 0.3) is 0 Å². The summed E-state index contributed by atoms with van der Waals surface area (Å²) in [5.41, 5.74) is 7.83. The minimum atomic E-state index is 0.0581. The lowest BCUT2D eigenvalue weighted by atomic mass is 10.00. The van der Waals surface area contributed by atoms with Crippen LogP contribution in [0.1, 0.15) is 56.9 Å². The summed E-state index contributed by atoms with van der Waals surface area (Å²) in [6, 6.07) is 7.88. The van der Waals surface area contributed by atoms with E-state index in [1.165, 1.54) is 0 Å². The van der Waals surface area contributed by atoms with E-state index in [-0.39, 0.29) is 23.8 Å². The Hall–Kier alpha value is -1.88. The van der Waals surface area contributed by atoms with E-state index in [0.717, 1.165) is 56.2 Å². The Balaban J connectivity index is 1.47. The van der Waals surface area contributed by atoms with Gasteiger partial charge in [0.05, 0.1) is 0 Å². The summed E-state index contributed by atoms with van der Waals surface area (Å²) in [4.78, 5) is 24.3. The number of amides is 2. The molecular formula is C20H29N3O2. The van der Waals surface area contributed by atoms with Crippen LogP contribution in [0.2, 0.25) is 0 Å². The van der Waals surface area contributed by atoms with Gasteiger partial charge >= 0.3 is 0 Å². The second-order valence-corrected chi connectivity index (χ2v) is 7.51. The standard InChI is InChI=1S/C20H29N3O2/c21-18-10-4-8-16(18)12-19(24)22-13-14-5-3-9-17(11-14)23-20(25)15-6-1-2-7-15/h3,5,9,11,15-16,18H,1-2,4,6-8,10,12-13,21H2,(H,22,24)(H,23,25)/t16-,18+/m0/s1. The first-order valence-electron chi connectivity index (χ1n) is 9.54. The van der Waals surface area contributed by atoms with Crippen LogP contribution in [0.3, 0.4) is 0 Å². The SMILES string of the molecule is N[C@@H]1CCC[C@H]1CC(=O)NCc1cccc(NC(=O)C2CCCC2)c1. The first-order valence-corrected chi connectivity index (χ1v) is 9.54. The summed E-state index contributed by atoms with van der Waals surface area (Å²) >= 11 is 0. The summed E-state index contributed by atoms with van der Waals surface area (Å²) < 4.78 is 0. The summed E-state index contributed by atoms with van der Waals surface area (Å²) in [5, 5.41) is 5.98. The summed E-state index contributed by atoms with van der Waals surface area (Å²) in [5.74, 6) is 0.646. The van der Waals surface area contributed by atoms with Gasteiger partial charge in [-0.3, -0.25) is 9.59 Å². The number of benzene rings is 1. The molecule has 25 heavy (non-hydrogen) atoms. The molecule has 5 heteroatoms. The third kappa shape index (κ3) is 5.05. The topological polar surface area (TPSA) is 84.2 Å². The van der Waals surface area contributed by atoms with E-state index >= 15 is 0 Å². The molecule has 1 aromatic rings. The number of hydrogen-bond acceptors (Lipinski definition) is 3. The van der Waals surface area contributed by atoms with Gasteiger partial charge in [-0.25, -0.2) is 0 Å². The molecule has 2 amide bonds. The van der Waals surface area contributed by atoms with Crippen LogP contribution in [0.4, 0.5) is 5.69 Å². The van der Waals surface area contributed by atoms with E-state index in [0.29, 0.717) is 18.9 Å². The molecule has 0 saturated heterocycles. The number of anilines is 1. The van der Waals surface area contributed by atoms with Gasteiger partial charge in [-0.05, 0) is 49.3 Å². The van der Waals surface area contributed by atoms with E-state index in [1.54, 1.807) is 0 Å². The highest BCUT2D eigenvalue weighted by molar-refractivity contribution is 5.92. The number of nitrogens with one attached hydrogen (secondary N) is 2. The number of hydrogen-bond donors (Lipinski definition) is 3. The summed E-state index contributed by atoms with van der Waals surface area (Å²) in [6.45, 7) is 0.480. The quantitative estimate of drug-likeness (QED) is 0.742. The fourth-order valence-electron chi connectivity index (χ4n) is 4.02. The lowest BCUT2D eigenvalue weighted by Gasteiger charge is -2.15. The highest BCUT2D eigenvalue weighted by Gasteiger charge is 2.26. The van der Waals surface area contributed by atoms with Crippen molar-refractivity contribution in [1.29, 1.82) is 0 Å². The van der Waals surface area contributed by atoms with Crippen molar-refractivity contribution in [1.82, 2.24) is 5.32 Å². The maximum absolute atomic E-state index is 12.2. The van der Waals surface area contributed by atoms with Crippen LogP contribution in [-0.4, -0.2) is 17.9 Å². The Morgan fingerprint density at radius 2 is 1.88 bits per heavy atom. The van der Waals surface area contributed by atoms with Crippen molar-refractivity contribution in [3.63, 3.8) is 0 Å². The van der Waals surface area contributed by atoms with Crippen LogP contribution >= 0.6 is 0 Å². The highest BCUT2D eigenvalue weighted by atomic mass is 16.2. The minimum absolute atomic E-state index is 0.0581. The molecule has 2 fully saturated rings. The zero-order valence-electron chi connectivity index (χ0n) is 14.8. The van der Waals surface area contributed by atoms with Crippen molar-refractivity contribution in [2.75, 3.05) is 5.32 Å². The molecule has 136 valence electrons. The monoisotopic (exact) mass is 343 g/mol. The van der Waals surface area contributed by atoms with Crippen LogP contribution in [-0.2, 0) is 16.1 Å². The van der Waals surface area contributed by atoms with Crippen molar-refractivity contribution in [2.45, 2.75) is 64.0 Å². The van der Waals surface area contributed by atoms with E-state index in [4.69, 9.17) is 5.73 Å². The van der Waals surface area contributed by atoms with Gasteiger partial charge in [-0.15, -0.1) is 0 Å². The third-order valence-electron chi connectivity index (χ3n) is 5.58. The molecule has 0 bridgehead atoms. The van der Waals surface area contributed by atoms with E-state index in [2.05, 4.69) is 10.6 Å². The first kappa shape index (κ1) is 17.9. The second-order valence-electron chi connectivity index (χ2n) is 7.51. The van der Waals surface area contributed by atoms with Gasteiger partial charge in [-0.1, -0.05) is 31.4 Å².